The normalized spacial score (nSPS) is 12.5. The Morgan fingerprint density at radius 1 is 0.414 bits per heavy atom. The van der Waals surface area contributed by atoms with Gasteiger partial charge in [-0.3, -0.25) is 0 Å². The van der Waals surface area contributed by atoms with Crippen LogP contribution in [0.2, 0.25) is 0 Å². The molecule has 0 heteroatoms. The summed E-state index contributed by atoms with van der Waals surface area (Å²) in [5, 5.41) is 0. The van der Waals surface area contributed by atoms with Gasteiger partial charge in [-0.25, -0.2) is 0 Å². The van der Waals surface area contributed by atoms with Crippen LogP contribution in [0.5, 0.6) is 0 Å². The SMILES string of the molecule is [CH2]CCCC(C)CCCCCCCCCCCCCCCCCCCCCCC. The van der Waals surface area contributed by atoms with E-state index < -0.39 is 0 Å². The highest BCUT2D eigenvalue weighted by molar-refractivity contribution is 4.56. The molecule has 0 nitrogen and oxygen atoms in total. The zero-order valence-electron chi connectivity index (χ0n) is 21.0. The first-order valence-electron chi connectivity index (χ1n) is 14.1. The standard InChI is InChI=1S/C29H59/c1-4-6-8-9-10-11-12-13-14-15-16-17-18-19-20-21-22-23-24-25-26-28-29(3)27-7-5-2/h29H,2,4-28H2,1,3H3. The molecule has 1 atom stereocenters. The Hall–Kier alpha value is 0. The maximum absolute atomic E-state index is 3.95. The smallest absolute Gasteiger partial charge is 0.0443 e. The first-order chi connectivity index (χ1) is 14.3. The number of rotatable bonds is 25. The lowest BCUT2D eigenvalue weighted by Crippen LogP contribution is -1.94. The molecule has 0 aromatic carbocycles. The van der Waals surface area contributed by atoms with Gasteiger partial charge in [0.15, 0.2) is 0 Å². The summed E-state index contributed by atoms with van der Waals surface area (Å²) in [5.41, 5.74) is 0. The highest BCUT2D eigenvalue weighted by Gasteiger charge is 2.01. The fourth-order valence-corrected chi connectivity index (χ4v) is 4.56. The van der Waals surface area contributed by atoms with Crippen molar-refractivity contribution in [3.63, 3.8) is 0 Å². The number of unbranched alkanes of at least 4 members (excludes halogenated alkanes) is 21. The van der Waals surface area contributed by atoms with Crippen molar-refractivity contribution >= 4 is 0 Å². The van der Waals surface area contributed by atoms with Crippen LogP contribution >= 0.6 is 0 Å². The van der Waals surface area contributed by atoms with Gasteiger partial charge in [0.1, 0.15) is 0 Å². The minimum absolute atomic E-state index is 0.928. The lowest BCUT2D eigenvalue weighted by molar-refractivity contribution is 0.443. The molecule has 0 rings (SSSR count). The minimum Gasteiger partial charge on any atom is -0.0654 e. The van der Waals surface area contributed by atoms with Crippen molar-refractivity contribution in [1.82, 2.24) is 0 Å². The van der Waals surface area contributed by atoms with E-state index in [4.69, 9.17) is 0 Å². The van der Waals surface area contributed by atoms with Crippen LogP contribution in [0.4, 0.5) is 0 Å². The van der Waals surface area contributed by atoms with Crippen LogP contribution in [-0.4, -0.2) is 0 Å². The fraction of sp³-hybridized carbons (Fsp3) is 0.966. The molecule has 1 unspecified atom stereocenters. The second-order valence-electron chi connectivity index (χ2n) is 9.96. The maximum atomic E-state index is 3.95. The molecule has 0 aromatic heterocycles. The topological polar surface area (TPSA) is 0 Å². The third-order valence-electron chi connectivity index (χ3n) is 6.75. The van der Waals surface area contributed by atoms with E-state index in [2.05, 4.69) is 20.8 Å². The Bertz CT molecular complexity index is 269. The summed E-state index contributed by atoms with van der Waals surface area (Å²) in [6.07, 6.45) is 36.2. The Kier molecular flexibility index (Phi) is 26.0. The molecular formula is C29H59. The molecule has 0 spiro atoms. The molecule has 0 saturated heterocycles. The van der Waals surface area contributed by atoms with Crippen molar-refractivity contribution in [2.75, 3.05) is 0 Å². The van der Waals surface area contributed by atoms with Crippen LogP contribution in [0, 0.1) is 12.8 Å². The first kappa shape index (κ1) is 29.0. The summed E-state index contributed by atoms with van der Waals surface area (Å²) in [4.78, 5) is 0. The van der Waals surface area contributed by atoms with Crippen LogP contribution in [0.25, 0.3) is 0 Å². The Morgan fingerprint density at radius 2 is 0.690 bits per heavy atom. The molecule has 0 aliphatic carbocycles. The van der Waals surface area contributed by atoms with E-state index in [0.29, 0.717) is 0 Å². The van der Waals surface area contributed by atoms with Crippen LogP contribution in [0.1, 0.15) is 174 Å². The highest BCUT2D eigenvalue weighted by Crippen LogP contribution is 2.18. The number of hydrogen-bond acceptors (Lipinski definition) is 0. The third-order valence-corrected chi connectivity index (χ3v) is 6.75. The van der Waals surface area contributed by atoms with Crippen LogP contribution < -0.4 is 0 Å². The zero-order valence-corrected chi connectivity index (χ0v) is 21.0. The lowest BCUT2D eigenvalue weighted by Gasteiger charge is -2.10. The largest absolute Gasteiger partial charge is 0.0654 e. The summed E-state index contributed by atoms with van der Waals surface area (Å²) in [6, 6.07) is 0. The maximum Gasteiger partial charge on any atom is -0.0443 e. The molecule has 0 amide bonds. The average Bonchev–Trinajstić information content (AvgIpc) is 2.73. The van der Waals surface area contributed by atoms with Gasteiger partial charge in [-0.1, -0.05) is 181 Å². The summed E-state index contributed by atoms with van der Waals surface area (Å²) in [6.45, 7) is 8.67. The minimum atomic E-state index is 0.928. The van der Waals surface area contributed by atoms with E-state index in [1.807, 2.05) is 0 Å². The van der Waals surface area contributed by atoms with E-state index in [1.54, 1.807) is 0 Å². The van der Waals surface area contributed by atoms with Gasteiger partial charge < -0.3 is 0 Å². The molecule has 29 heavy (non-hydrogen) atoms. The predicted octanol–water partition coefficient (Wildman–Crippen LogP) is 11.2. The van der Waals surface area contributed by atoms with Crippen LogP contribution in [0.15, 0.2) is 0 Å². The van der Waals surface area contributed by atoms with Gasteiger partial charge in [-0.05, 0) is 5.92 Å². The molecule has 0 N–H and O–H groups in total. The van der Waals surface area contributed by atoms with Gasteiger partial charge >= 0.3 is 0 Å². The third kappa shape index (κ3) is 26.0. The van der Waals surface area contributed by atoms with E-state index in [-0.39, 0.29) is 0 Å². The van der Waals surface area contributed by atoms with Crippen LogP contribution in [-0.2, 0) is 0 Å². The van der Waals surface area contributed by atoms with Crippen molar-refractivity contribution in [3.05, 3.63) is 6.92 Å². The van der Waals surface area contributed by atoms with Crippen molar-refractivity contribution in [3.8, 4) is 0 Å². The predicted molar refractivity (Wildman–Crippen MR) is 136 cm³/mol. The summed E-state index contributed by atoms with van der Waals surface area (Å²) in [5.74, 6) is 0.928. The summed E-state index contributed by atoms with van der Waals surface area (Å²) >= 11 is 0. The molecule has 1 radical (unpaired) electrons. The Morgan fingerprint density at radius 3 is 1.00 bits per heavy atom. The fourth-order valence-electron chi connectivity index (χ4n) is 4.56. The van der Waals surface area contributed by atoms with Crippen molar-refractivity contribution in [2.45, 2.75) is 174 Å². The van der Waals surface area contributed by atoms with Gasteiger partial charge in [0, 0.05) is 0 Å². The second kappa shape index (κ2) is 26.0. The van der Waals surface area contributed by atoms with E-state index >= 15 is 0 Å². The van der Waals surface area contributed by atoms with Gasteiger partial charge in [0.2, 0.25) is 0 Å². The van der Waals surface area contributed by atoms with Crippen LogP contribution in [0.3, 0.4) is 0 Å². The molecule has 0 bridgehead atoms. The molecule has 0 aromatic rings. The molecule has 175 valence electrons. The summed E-state index contributed by atoms with van der Waals surface area (Å²) in [7, 11) is 0. The van der Waals surface area contributed by atoms with Crippen molar-refractivity contribution < 1.29 is 0 Å². The van der Waals surface area contributed by atoms with Crippen molar-refractivity contribution in [1.29, 1.82) is 0 Å². The highest BCUT2D eigenvalue weighted by atomic mass is 14.1. The zero-order chi connectivity index (χ0) is 21.3. The Balaban J connectivity index is 3.03. The molecule has 0 fully saturated rings. The van der Waals surface area contributed by atoms with Gasteiger partial charge in [-0.2, -0.15) is 0 Å². The lowest BCUT2D eigenvalue weighted by atomic mass is 9.97. The monoisotopic (exact) mass is 407 g/mol. The Labute approximate surface area is 187 Å². The quantitative estimate of drug-likeness (QED) is 0.132. The second-order valence-corrected chi connectivity index (χ2v) is 9.96. The molecule has 0 aliphatic rings. The van der Waals surface area contributed by atoms with E-state index in [1.165, 1.54) is 154 Å². The first-order valence-corrected chi connectivity index (χ1v) is 14.1. The van der Waals surface area contributed by atoms with Gasteiger partial charge in [-0.15, -0.1) is 0 Å². The average molecular weight is 408 g/mol. The molecule has 0 aliphatic heterocycles. The summed E-state index contributed by atoms with van der Waals surface area (Å²) < 4.78 is 0. The molecule has 0 saturated carbocycles. The number of hydrogen-bond donors (Lipinski definition) is 0. The van der Waals surface area contributed by atoms with E-state index in [0.717, 1.165) is 12.3 Å². The van der Waals surface area contributed by atoms with Gasteiger partial charge in [0.25, 0.3) is 0 Å². The molecule has 0 heterocycles. The van der Waals surface area contributed by atoms with E-state index in [9.17, 15) is 0 Å². The van der Waals surface area contributed by atoms with Gasteiger partial charge in [0.05, 0.1) is 0 Å². The van der Waals surface area contributed by atoms with Crippen molar-refractivity contribution in [2.24, 2.45) is 5.92 Å². The molecular weight excluding hydrogens is 348 g/mol.